The number of carbonyl (C=O) groups is 1. The molecule has 1 aliphatic rings. The summed E-state index contributed by atoms with van der Waals surface area (Å²) in [5.41, 5.74) is 1.40. The molecule has 1 aliphatic heterocycles. The number of rotatable bonds is 2. The predicted octanol–water partition coefficient (Wildman–Crippen LogP) is 1.09. The molecule has 1 aromatic heterocycles. The minimum absolute atomic E-state index is 0.0721. The Labute approximate surface area is 93.0 Å². The van der Waals surface area contributed by atoms with Crippen LogP contribution in [0.25, 0.3) is 6.08 Å². The van der Waals surface area contributed by atoms with Gasteiger partial charge in [0, 0.05) is 18.4 Å². The number of amides is 1. The van der Waals surface area contributed by atoms with Crippen LogP contribution in [0.5, 0.6) is 0 Å². The molecule has 1 saturated heterocycles. The Hall–Kier alpha value is -1.62. The fourth-order valence-electron chi connectivity index (χ4n) is 1.45. The third-order valence-corrected chi connectivity index (χ3v) is 2.52. The van der Waals surface area contributed by atoms with E-state index < -0.39 is 0 Å². The maximum absolute atomic E-state index is 11.8. The molecular formula is C10H11N3OS. The van der Waals surface area contributed by atoms with E-state index in [1.165, 1.54) is 4.90 Å². The van der Waals surface area contributed by atoms with E-state index in [1.54, 1.807) is 6.08 Å². The second kappa shape index (κ2) is 3.86. The summed E-state index contributed by atoms with van der Waals surface area (Å²) in [7, 11) is 0. The van der Waals surface area contributed by atoms with Crippen LogP contribution in [0.2, 0.25) is 0 Å². The van der Waals surface area contributed by atoms with Crippen molar-refractivity contribution in [1.29, 1.82) is 0 Å². The van der Waals surface area contributed by atoms with Crippen molar-refractivity contribution in [2.75, 3.05) is 6.54 Å². The van der Waals surface area contributed by atoms with Crippen LogP contribution in [0, 0.1) is 0 Å². The van der Waals surface area contributed by atoms with E-state index in [1.807, 2.05) is 25.3 Å². The summed E-state index contributed by atoms with van der Waals surface area (Å²) in [6.45, 7) is 2.48. The summed E-state index contributed by atoms with van der Waals surface area (Å²) >= 11 is 5.03. The van der Waals surface area contributed by atoms with Gasteiger partial charge in [-0.2, -0.15) is 0 Å². The molecule has 0 saturated carbocycles. The van der Waals surface area contributed by atoms with Crippen LogP contribution < -0.4 is 5.32 Å². The van der Waals surface area contributed by atoms with Crippen molar-refractivity contribution >= 4 is 29.3 Å². The van der Waals surface area contributed by atoms with Gasteiger partial charge in [-0.25, -0.2) is 0 Å². The quantitative estimate of drug-likeness (QED) is 0.580. The SMILES string of the molecule is CCN1C(=O)/C(=C/c2ccc[nH]2)NC1=S. The number of carbonyl (C=O) groups excluding carboxylic acids is 1. The topological polar surface area (TPSA) is 48.1 Å². The Morgan fingerprint density at radius 3 is 2.93 bits per heavy atom. The average Bonchev–Trinajstić information content (AvgIpc) is 2.78. The molecule has 0 radical (unpaired) electrons. The van der Waals surface area contributed by atoms with E-state index in [4.69, 9.17) is 12.2 Å². The van der Waals surface area contributed by atoms with Crippen molar-refractivity contribution in [2.24, 2.45) is 0 Å². The lowest BCUT2D eigenvalue weighted by Crippen LogP contribution is -2.30. The highest BCUT2D eigenvalue weighted by Gasteiger charge is 2.28. The lowest BCUT2D eigenvalue weighted by Gasteiger charge is -2.08. The molecule has 1 fully saturated rings. The summed E-state index contributed by atoms with van der Waals surface area (Å²) in [5, 5.41) is 3.36. The van der Waals surface area contributed by atoms with Crippen LogP contribution in [0.1, 0.15) is 12.6 Å². The van der Waals surface area contributed by atoms with Gasteiger partial charge < -0.3 is 10.3 Å². The van der Waals surface area contributed by atoms with Crippen molar-refractivity contribution in [3.05, 3.63) is 29.7 Å². The first-order chi connectivity index (χ1) is 7.22. The zero-order valence-electron chi connectivity index (χ0n) is 8.28. The van der Waals surface area contributed by atoms with E-state index in [9.17, 15) is 4.79 Å². The van der Waals surface area contributed by atoms with Crippen LogP contribution in [0.15, 0.2) is 24.0 Å². The number of aromatic nitrogens is 1. The van der Waals surface area contributed by atoms with Crippen LogP contribution in [0.4, 0.5) is 0 Å². The first kappa shape index (κ1) is 9.92. The van der Waals surface area contributed by atoms with Gasteiger partial charge in [0.1, 0.15) is 5.70 Å². The van der Waals surface area contributed by atoms with E-state index >= 15 is 0 Å². The van der Waals surface area contributed by atoms with Crippen molar-refractivity contribution < 1.29 is 4.79 Å². The number of hydrogen-bond donors (Lipinski definition) is 2. The summed E-state index contributed by atoms with van der Waals surface area (Å²) in [4.78, 5) is 16.3. The average molecular weight is 221 g/mol. The van der Waals surface area contributed by atoms with E-state index in [2.05, 4.69) is 10.3 Å². The predicted molar refractivity (Wildman–Crippen MR) is 61.9 cm³/mol. The van der Waals surface area contributed by atoms with Crippen LogP contribution in [-0.2, 0) is 4.79 Å². The molecule has 0 aliphatic carbocycles. The number of thiocarbonyl (C=S) groups is 1. The Bertz CT molecular complexity index is 422. The summed E-state index contributed by atoms with van der Waals surface area (Å²) < 4.78 is 0. The Balaban J connectivity index is 2.26. The van der Waals surface area contributed by atoms with Gasteiger partial charge in [-0.1, -0.05) is 0 Å². The molecule has 2 heterocycles. The molecule has 0 spiro atoms. The Morgan fingerprint density at radius 1 is 1.60 bits per heavy atom. The first-order valence-corrected chi connectivity index (χ1v) is 5.11. The molecule has 2 rings (SSSR count). The molecule has 5 heteroatoms. The maximum atomic E-state index is 11.8. The van der Waals surface area contributed by atoms with Gasteiger partial charge in [0.15, 0.2) is 5.11 Å². The Morgan fingerprint density at radius 2 is 2.40 bits per heavy atom. The molecule has 0 bridgehead atoms. The zero-order chi connectivity index (χ0) is 10.8. The van der Waals surface area contributed by atoms with E-state index in [-0.39, 0.29) is 5.91 Å². The van der Waals surface area contributed by atoms with Crippen molar-refractivity contribution in [3.8, 4) is 0 Å². The first-order valence-electron chi connectivity index (χ1n) is 4.70. The fraction of sp³-hybridized carbons (Fsp3) is 0.200. The molecule has 0 atom stereocenters. The molecular weight excluding hydrogens is 210 g/mol. The number of aromatic amines is 1. The number of nitrogens with zero attached hydrogens (tertiary/aromatic N) is 1. The highest BCUT2D eigenvalue weighted by molar-refractivity contribution is 7.80. The second-order valence-corrected chi connectivity index (χ2v) is 3.55. The normalized spacial score (nSPS) is 18.7. The minimum atomic E-state index is -0.0721. The van der Waals surface area contributed by atoms with Gasteiger partial charge in [-0.3, -0.25) is 9.69 Å². The summed E-state index contributed by atoms with van der Waals surface area (Å²) in [6, 6.07) is 3.77. The van der Waals surface area contributed by atoms with E-state index in [0.29, 0.717) is 17.4 Å². The number of nitrogens with one attached hydrogen (secondary N) is 2. The van der Waals surface area contributed by atoms with Crippen molar-refractivity contribution in [3.63, 3.8) is 0 Å². The fourth-order valence-corrected chi connectivity index (χ4v) is 1.77. The van der Waals surface area contributed by atoms with Crippen molar-refractivity contribution in [2.45, 2.75) is 6.92 Å². The highest BCUT2D eigenvalue weighted by atomic mass is 32.1. The summed E-state index contributed by atoms with van der Waals surface area (Å²) in [6.07, 6.45) is 3.56. The molecule has 1 aromatic rings. The zero-order valence-corrected chi connectivity index (χ0v) is 9.10. The molecule has 0 aromatic carbocycles. The smallest absolute Gasteiger partial charge is 0.276 e. The number of likely N-dealkylation sites (N-methyl/N-ethyl adjacent to an activating group) is 1. The monoisotopic (exact) mass is 221 g/mol. The second-order valence-electron chi connectivity index (χ2n) is 3.16. The molecule has 78 valence electrons. The molecule has 4 nitrogen and oxygen atoms in total. The lowest BCUT2D eigenvalue weighted by atomic mass is 10.3. The maximum Gasteiger partial charge on any atom is 0.276 e. The standard InChI is InChI=1S/C10H11N3OS/c1-2-13-9(14)8(12-10(13)15)6-7-4-3-5-11-7/h3-6,11H,2H2,1H3,(H,12,15)/b8-6-. The van der Waals surface area contributed by atoms with Gasteiger partial charge in [0.05, 0.1) is 0 Å². The van der Waals surface area contributed by atoms with E-state index in [0.717, 1.165) is 5.69 Å². The van der Waals surface area contributed by atoms with Gasteiger partial charge in [0.25, 0.3) is 5.91 Å². The molecule has 0 unspecified atom stereocenters. The van der Waals surface area contributed by atoms with Gasteiger partial charge in [-0.05, 0) is 37.4 Å². The van der Waals surface area contributed by atoms with Crippen LogP contribution in [-0.4, -0.2) is 27.4 Å². The van der Waals surface area contributed by atoms with Gasteiger partial charge in [-0.15, -0.1) is 0 Å². The van der Waals surface area contributed by atoms with Gasteiger partial charge >= 0.3 is 0 Å². The third-order valence-electron chi connectivity index (χ3n) is 2.20. The highest BCUT2D eigenvalue weighted by Crippen LogP contribution is 2.12. The Kier molecular flexibility index (Phi) is 2.55. The van der Waals surface area contributed by atoms with Crippen molar-refractivity contribution in [1.82, 2.24) is 15.2 Å². The molecule has 15 heavy (non-hydrogen) atoms. The van der Waals surface area contributed by atoms with Crippen LogP contribution >= 0.6 is 12.2 Å². The largest absolute Gasteiger partial charge is 0.362 e. The summed E-state index contributed by atoms with van der Waals surface area (Å²) in [5.74, 6) is -0.0721. The number of H-pyrrole nitrogens is 1. The minimum Gasteiger partial charge on any atom is -0.362 e. The number of hydrogen-bond acceptors (Lipinski definition) is 2. The van der Waals surface area contributed by atoms with Crippen LogP contribution in [0.3, 0.4) is 0 Å². The lowest BCUT2D eigenvalue weighted by molar-refractivity contribution is -0.122. The third kappa shape index (κ3) is 1.78. The van der Waals surface area contributed by atoms with Gasteiger partial charge in [0.2, 0.25) is 0 Å². The molecule has 2 N–H and O–H groups in total. The molecule has 1 amide bonds.